The molecular weight excluding hydrogens is 1890 g/mol. The molecule has 56 nitrogen and oxygen atoms in total. The second-order valence-corrected chi connectivity index (χ2v) is 37.0. The van der Waals surface area contributed by atoms with Gasteiger partial charge in [-0.25, -0.2) is 55.2 Å². The number of H-pyrrole nitrogens is 2. The number of phenols is 2. The predicted octanol–water partition coefficient (Wildman–Crippen LogP) is -0.185. The number of benzene rings is 6. The number of carboxylic acid groups (broad SMARTS) is 2. The number of nitrogens with zero attached hydrogens (tertiary/aromatic N) is 6. The molecule has 8 heterocycles. The van der Waals surface area contributed by atoms with E-state index in [1.54, 1.807) is 0 Å². The maximum Gasteiger partial charge on any atom is 0.487 e. The Hall–Kier alpha value is -12.8. The molecule has 0 spiro atoms. The molecule has 0 bridgehead atoms. The molecule has 14 atom stereocenters. The number of fused-ring (bicyclic) bond motifs is 6. The van der Waals surface area contributed by atoms with E-state index in [2.05, 4.69) is 67.5 Å². The molecular formula is C70H68N14O42P6. The number of carbonyl (C=O) groups is 6. The van der Waals surface area contributed by atoms with Gasteiger partial charge in [0, 0.05) is 94.6 Å². The number of rotatable bonds is 30. The van der Waals surface area contributed by atoms with E-state index in [-0.39, 0.29) is 139 Å². The number of aryl methyl sites for hydroxylation is 2. The third kappa shape index (κ3) is 22.2. The van der Waals surface area contributed by atoms with Crippen LogP contribution in [0.3, 0.4) is 0 Å². The summed E-state index contributed by atoms with van der Waals surface area (Å²) in [5.74, 6) is -5.11. The summed E-state index contributed by atoms with van der Waals surface area (Å²) >= 11 is 0. The van der Waals surface area contributed by atoms with Crippen LogP contribution in [0, 0.1) is 0 Å². The zero-order valence-electron chi connectivity index (χ0n) is 66.5. The van der Waals surface area contributed by atoms with Crippen LogP contribution in [0.25, 0.3) is 89.2 Å². The van der Waals surface area contributed by atoms with Gasteiger partial charge in [-0.05, 0) is 96.1 Å². The van der Waals surface area contributed by atoms with Crippen molar-refractivity contribution in [1.82, 2.24) is 50.3 Å². The number of ether oxygens (including phenoxy) is 4. The van der Waals surface area contributed by atoms with Crippen LogP contribution in [-0.4, -0.2) is 201 Å². The van der Waals surface area contributed by atoms with Crippen molar-refractivity contribution >= 4 is 139 Å². The Labute approximate surface area is 731 Å². The van der Waals surface area contributed by atoms with Crippen molar-refractivity contribution in [1.29, 1.82) is 0 Å². The van der Waals surface area contributed by atoms with Crippen LogP contribution in [0.4, 0.5) is 21.5 Å². The van der Waals surface area contributed by atoms with Gasteiger partial charge < -0.3 is 130 Å². The number of phosphoric ester groups is 2. The number of amides is 4. The van der Waals surface area contributed by atoms with Gasteiger partial charge in [-0.2, -0.15) is 8.62 Å². The molecule has 4 aromatic heterocycles. The van der Waals surface area contributed by atoms with Crippen LogP contribution in [0.2, 0.25) is 0 Å². The zero-order chi connectivity index (χ0) is 96.1. The average molecular weight is 1960 g/mol. The van der Waals surface area contributed by atoms with Crippen LogP contribution in [-0.2, 0) is 86.7 Å². The monoisotopic (exact) mass is 1960 g/mol. The Bertz CT molecular complexity index is 7170. The van der Waals surface area contributed by atoms with Crippen molar-refractivity contribution in [2.45, 2.75) is 49.1 Å². The van der Waals surface area contributed by atoms with E-state index < -0.39 is 167 Å². The molecule has 8 aromatic rings. The van der Waals surface area contributed by atoms with Crippen LogP contribution in [0.1, 0.15) is 53.9 Å². The van der Waals surface area contributed by atoms with Crippen molar-refractivity contribution in [3.05, 3.63) is 185 Å². The molecule has 4 amide bonds. The minimum Gasteiger partial charge on any atom is -0.756 e. The SMILES string of the molecule is Cn1c[n+]([C@@H]2O[C@H](COP(=O)(O)OP(=O)(O)OP(=O)([O-])O)[C@@H](O)[C@H]2OC(=O)NCCNC(=O)c2ccc(C(=O)O)c(-c3c4ccc(=O)cc-4oc4cc(O)ccc34)c2)c2nc(N)[nH]c(=O)c21.Cn1c[n+]([C@@H]2O[C@H](COP(=O)(O)OP(=O)(O)OP(=O)([O-])O)[C@@H](OC(=O)NCCNC(=O)c3ccc(C(=O)O)c(-c4c5ccc(=O)cc-5oc5cc(O)ccc45)c3)[C@H]2O)c2nc(N)[nH]c(=O)c21. The van der Waals surface area contributed by atoms with E-state index in [0.717, 1.165) is 9.13 Å². The summed E-state index contributed by atoms with van der Waals surface area (Å²) in [6.07, 6.45) is -14.4. The first-order valence-electron chi connectivity index (χ1n) is 37.1. The van der Waals surface area contributed by atoms with Crippen LogP contribution >= 0.6 is 46.9 Å². The second-order valence-electron chi connectivity index (χ2n) is 28.2. The molecule has 22 N–H and O–H groups in total. The van der Waals surface area contributed by atoms with Gasteiger partial charge >= 0.3 is 66.7 Å². The number of aromatic carboxylic acids is 2. The Kier molecular flexibility index (Phi) is 27.7. The number of aromatic amines is 2. The Balaban J connectivity index is 0.000000224. The number of alkyl carbamates (subject to hydrolysis) is 2. The van der Waals surface area contributed by atoms with Gasteiger partial charge in [0.05, 0.1) is 38.4 Å². The van der Waals surface area contributed by atoms with Gasteiger partial charge in [-0.1, -0.05) is 9.97 Å². The number of aliphatic hydroxyl groups is 2. The third-order valence-corrected chi connectivity index (χ3v) is 26.7. The van der Waals surface area contributed by atoms with Gasteiger partial charge in [0.25, 0.3) is 50.5 Å². The lowest BCUT2D eigenvalue weighted by Gasteiger charge is -2.23. The Morgan fingerprint density at radius 1 is 0.492 bits per heavy atom. The van der Waals surface area contributed by atoms with Gasteiger partial charge in [0.15, 0.2) is 41.8 Å². The number of nitrogens with one attached hydrogen (secondary N) is 6. The molecule has 2 saturated heterocycles. The van der Waals surface area contributed by atoms with E-state index in [1.165, 1.54) is 145 Å². The second kappa shape index (κ2) is 37.8. The van der Waals surface area contributed by atoms with E-state index in [0.29, 0.717) is 21.9 Å². The number of imidazole rings is 2. The molecule has 6 unspecified atom stereocenters. The summed E-state index contributed by atoms with van der Waals surface area (Å²) < 4.78 is 133. The van der Waals surface area contributed by atoms with E-state index in [4.69, 9.17) is 49.0 Å². The van der Waals surface area contributed by atoms with Gasteiger partial charge in [0.1, 0.15) is 52.5 Å². The summed E-state index contributed by atoms with van der Waals surface area (Å²) in [5, 5.41) is 73.5. The maximum absolute atomic E-state index is 13.4. The van der Waals surface area contributed by atoms with Crippen LogP contribution in [0.15, 0.2) is 150 Å². The average Bonchev–Trinajstić information content (AvgIpc) is 1.09. The normalized spacial score (nSPS) is 20.1. The molecule has 4 aromatic carbocycles. The highest BCUT2D eigenvalue weighted by atomic mass is 31.3. The molecule has 4 aliphatic heterocycles. The molecule has 132 heavy (non-hydrogen) atoms. The summed E-state index contributed by atoms with van der Waals surface area (Å²) in [6, 6.07) is 23.3. The summed E-state index contributed by atoms with van der Waals surface area (Å²) in [4.78, 5) is 219. The molecule has 700 valence electrons. The van der Waals surface area contributed by atoms with Gasteiger partial charge in [0.2, 0.25) is 23.5 Å². The Morgan fingerprint density at radius 2 is 0.886 bits per heavy atom. The zero-order valence-corrected chi connectivity index (χ0v) is 71.9. The van der Waals surface area contributed by atoms with Crippen molar-refractivity contribution in [2.24, 2.45) is 14.1 Å². The van der Waals surface area contributed by atoms with E-state index in [1.807, 2.05) is 0 Å². The number of aromatic hydroxyl groups is 2. The lowest BCUT2D eigenvalue weighted by molar-refractivity contribution is -0.746. The number of anilines is 2. The number of aromatic nitrogens is 8. The van der Waals surface area contributed by atoms with Gasteiger partial charge in [-0.3, -0.25) is 66.0 Å². The number of nitrogens with two attached hydrogens (primary N) is 2. The predicted molar refractivity (Wildman–Crippen MR) is 434 cm³/mol. The Morgan fingerprint density at radius 3 is 1.30 bits per heavy atom. The first-order valence-corrected chi connectivity index (χ1v) is 46.1. The standard InChI is InChI=1S/2C35H34N7O21P3/c1-41-14-42(29-26(41)31(47)40-34(36)39-29)32-27(45)28(24(60-32)13-58-65(54,55)63-66(56,57)62-64(51,52)53)61-35(50)38-9-8-37-30(46)15-2-5-18(33(48)49)21(10-15)25-19-6-3-16(43)11-22(19)59-23-12-17(44)4-7-20(23)25;1-41-14-42(29-26(41)31(47)40-34(36)39-29)32-28(27(45)24(60-32)13-58-65(54,55)63-66(56,57)62-64(51,52)53)61-35(50)38-9-8-37-30(46)15-2-5-18(33(48)49)21(10-15)25-19-6-3-16(43)11-22(19)59-23-12-17(44)4-7-20(23)25/h2*2-7,10-12,14,24,27-28,32,45H,8-9,13H2,1H3,(H10-,36,37,38,39,40,43,44,46,47,48,49,50,51,52,53,54,55,56,57)/t2*24-,27-,28-,32-/m11/s1. The number of phenolic OH excluding ortho intramolecular Hbond substituents is 2. The largest absolute Gasteiger partial charge is 0.756 e. The topological polar surface area (TPSA) is 856 Å². The maximum atomic E-state index is 13.4. The number of hydrogen-bond donors (Lipinski definition) is 20. The number of carboxylic acids is 2. The molecule has 2 fully saturated rings. The third-order valence-electron chi connectivity index (χ3n) is 19.1. The number of phosphoric acid groups is 6. The number of hydrogen-bond acceptors (Lipinski definition) is 38. The van der Waals surface area contributed by atoms with Crippen molar-refractivity contribution in [3.63, 3.8) is 0 Å². The quantitative estimate of drug-likeness (QED) is 0.0120. The molecule has 14 rings (SSSR count). The lowest BCUT2D eigenvalue weighted by Crippen LogP contribution is -2.49. The highest BCUT2D eigenvalue weighted by molar-refractivity contribution is 7.67. The molecule has 6 aliphatic rings. The highest BCUT2D eigenvalue weighted by Gasteiger charge is 2.54. The first-order chi connectivity index (χ1) is 61.8. The smallest absolute Gasteiger partial charge is 0.487 e. The molecule has 0 saturated carbocycles. The first kappa shape index (κ1) is 96.8. The molecule has 0 radical (unpaired) electrons. The number of nitrogen functional groups attached to an aromatic ring is 2. The fourth-order valence-corrected chi connectivity index (χ4v) is 19.9. The molecule has 2 aliphatic carbocycles. The molecule has 62 heteroatoms. The van der Waals surface area contributed by atoms with Crippen molar-refractivity contribution in [3.8, 4) is 56.4 Å². The fraction of sp³-hybridized carbons (Fsp3) is 0.229. The van der Waals surface area contributed by atoms with E-state index >= 15 is 0 Å². The summed E-state index contributed by atoms with van der Waals surface area (Å²) in [7, 11) is -32.7. The van der Waals surface area contributed by atoms with Crippen LogP contribution < -0.4 is 73.6 Å². The fourth-order valence-electron chi connectivity index (χ4n) is 14.0. The summed E-state index contributed by atoms with van der Waals surface area (Å²) in [6.45, 7) is -3.67. The van der Waals surface area contributed by atoms with Crippen molar-refractivity contribution < 1.29 is 189 Å². The minimum atomic E-state index is -6.01. The highest BCUT2D eigenvalue weighted by Crippen LogP contribution is 2.67. The number of carbonyl (C=O) groups excluding carboxylic acids is 4. The van der Waals surface area contributed by atoms with Gasteiger partial charge in [-0.15, -0.1) is 0 Å². The van der Waals surface area contributed by atoms with Crippen LogP contribution in [0.5, 0.6) is 11.5 Å². The van der Waals surface area contributed by atoms with E-state index in [9.17, 15) is 135 Å². The lowest BCUT2D eigenvalue weighted by atomic mass is 9.89. The minimum absolute atomic E-state index is 0.0348. The van der Waals surface area contributed by atoms with Crippen molar-refractivity contribution in [2.75, 3.05) is 50.9 Å². The number of aliphatic hydroxyl groups excluding tert-OH is 2. The summed E-state index contributed by atoms with van der Waals surface area (Å²) in [5.41, 5.74) is 9.69.